The van der Waals surface area contributed by atoms with Crippen LogP contribution in [0.2, 0.25) is 0 Å². The molecule has 1 rings (SSSR count). The number of nitrogens with zero attached hydrogens (tertiary/aromatic N) is 2. The molecule has 1 aromatic heterocycles. The largest absolute Gasteiger partial charge is 0.480 e. The molecule has 7 heteroatoms. The molecule has 16 heavy (non-hydrogen) atoms. The Morgan fingerprint density at radius 1 is 1.38 bits per heavy atom. The van der Waals surface area contributed by atoms with Gasteiger partial charge in [0, 0.05) is 12.5 Å². The third-order valence-electron chi connectivity index (χ3n) is 1.77. The van der Waals surface area contributed by atoms with Crippen LogP contribution in [0, 0.1) is 0 Å². The zero-order valence-corrected chi connectivity index (χ0v) is 8.41. The lowest BCUT2D eigenvalue weighted by molar-refractivity contribution is -0.133. The van der Waals surface area contributed by atoms with Crippen molar-refractivity contribution in [1.29, 1.82) is 0 Å². The number of carbonyl (C=O) groups excluding carboxylic acids is 1. The van der Waals surface area contributed by atoms with Crippen LogP contribution < -0.4 is 4.74 Å². The fourth-order valence-corrected chi connectivity index (χ4v) is 0.961. The first-order valence-corrected chi connectivity index (χ1v) is 4.40. The number of halogens is 3. The normalized spacial score (nSPS) is 11.2. The lowest BCUT2D eigenvalue weighted by Crippen LogP contribution is -2.12. The number of hydrogen-bond acceptors (Lipinski definition) is 4. The number of rotatable bonds is 4. The minimum atomic E-state index is -4.34. The summed E-state index contributed by atoms with van der Waals surface area (Å²) in [7, 11) is 1.37. The monoisotopic (exact) mass is 234 g/mol. The minimum Gasteiger partial charge on any atom is -0.480 e. The number of ether oxygens (including phenoxy) is 1. The highest BCUT2D eigenvalue weighted by Crippen LogP contribution is 2.22. The lowest BCUT2D eigenvalue weighted by atomic mass is 10.1. The molecule has 0 aromatic carbocycles. The molecule has 0 saturated carbocycles. The predicted molar refractivity (Wildman–Crippen MR) is 48.2 cm³/mol. The summed E-state index contributed by atoms with van der Waals surface area (Å²) >= 11 is 0. The van der Waals surface area contributed by atoms with Crippen molar-refractivity contribution in [2.24, 2.45) is 0 Å². The van der Waals surface area contributed by atoms with Gasteiger partial charge in [0.15, 0.2) is 5.78 Å². The van der Waals surface area contributed by atoms with Crippen LogP contribution in [0.15, 0.2) is 12.1 Å². The fraction of sp³-hybridized carbons (Fsp3) is 0.444. The molecule has 0 aliphatic rings. The molecule has 1 heterocycles. The summed E-state index contributed by atoms with van der Waals surface area (Å²) in [6, 6.07) is 2.65. The Kier molecular flexibility index (Phi) is 3.81. The quantitative estimate of drug-likeness (QED) is 0.748. The van der Waals surface area contributed by atoms with Crippen molar-refractivity contribution in [2.75, 3.05) is 7.11 Å². The third-order valence-corrected chi connectivity index (χ3v) is 1.77. The Morgan fingerprint density at radius 2 is 2.06 bits per heavy atom. The van der Waals surface area contributed by atoms with Crippen LogP contribution >= 0.6 is 0 Å². The topological polar surface area (TPSA) is 52.1 Å². The molecule has 1 aromatic rings. The zero-order valence-electron chi connectivity index (χ0n) is 8.41. The summed E-state index contributed by atoms with van der Waals surface area (Å²) in [6.45, 7) is 0. The van der Waals surface area contributed by atoms with Crippen molar-refractivity contribution in [1.82, 2.24) is 10.2 Å². The Labute approximate surface area is 89.4 Å². The molecule has 4 nitrogen and oxygen atoms in total. The molecule has 0 aliphatic carbocycles. The summed E-state index contributed by atoms with van der Waals surface area (Å²) in [6.07, 6.45) is -6.11. The highest BCUT2D eigenvalue weighted by Gasteiger charge is 2.28. The molecule has 0 N–H and O–H groups in total. The van der Waals surface area contributed by atoms with Gasteiger partial charge < -0.3 is 4.74 Å². The van der Waals surface area contributed by atoms with Crippen LogP contribution in [0.25, 0.3) is 0 Å². The van der Waals surface area contributed by atoms with Crippen LogP contribution in [-0.2, 0) is 0 Å². The van der Waals surface area contributed by atoms with Crippen LogP contribution in [0.1, 0.15) is 23.3 Å². The molecule has 88 valence electrons. The van der Waals surface area contributed by atoms with E-state index in [1.807, 2.05) is 0 Å². The van der Waals surface area contributed by atoms with Crippen molar-refractivity contribution in [3.05, 3.63) is 17.8 Å². The molecule has 0 unspecified atom stereocenters. The van der Waals surface area contributed by atoms with E-state index in [2.05, 4.69) is 10.2 Å². The number of carbonyl (C=O) groups is 1. The molecule has 0 amide bonds. The van der Waals surface area contributed by atoms with Gasteiger partial charge in [-0.05, 0) is 6.07 Å². The third kappa shape index (κ3) is 3.84. The Balaban J connectivity index is 2.59. The van der Waals surface area contributed by atoms with Gasteiger partial charge in [-0.1, -0.05) is 0 Å². The van der Waals surface area contributed by atoms with E-state index in [0.717, 1.165) is 0 Å². The molecule has 0 fully saturated rings. The molecular formula is C9H9F3N2O2. The number of methoxy groups -OCH3 is 1. The second kappa shape index (κ2) is 4.91. The van der Waals surface area contributed by atoms with E-state index in [1.54, 1.807) is 0 Å². The van der Waals surface area contributed by atoms with E-state index in [0.29, 0.717) is 0 Å². The van der Waals surface area contributed by atoms with Gasteiger partial charge in [-0.3, -0.25) is 4.79 Å². The maximum Gasteiger partial charge on any atom is 0.389 e. The summed E-state index contributed by atoms with van der Waals surface area (Å²) in [5.74, 6) is -0.486. The average Bonchev–Trinajstić information content (AvgIpc) is 2.25. The summed E-state index contributed by atoms with van der Waals surface area (Å²) in [5.41, 5.74) is -0.0925. The van der Waals surface area contributed by atoms with Gasteiger partial charge in [-0.2, -0.15) is 13.2 Å². The van der Waals surface area contributed by atoms with E-state index in [9.17, 15) is 18.0 Å². The summed E-state index contributed by atoms with van der Waals surface area (Å²) in [5, 5.41) is 6.95. The van der Waals surface area contributed by atoms with Gasteiger partial charge >= 0.3 is 6.18 Å². The van der Waals surface area contributed by atoms with Gasteiger partial charge in [-0.25, -0.2) is 0 Å². The molecule has 0 atom stereocenters. The van der Waals surface area contributed by atoms with Crippen LogP contribution in [0.5, 0.6) is 5.88 Å². The Hall–Kier alpha value is -1.66. The lowest BCUT2D eigenvalue weighted by Gasteiger charge is -2.04. The number of alkyl halides is 3. The number of Topliss-reactive ketones (excluding diaryl/α,β-unsaturated/α-hetero) is 1. The first-order chi connectivity index (χ1) is 7.42. The number of hydrogen-bond donors (Lipinski definition) is 0. The van der Waals surface area contributed by atoms with Crippen molar-refractivity contribution < 1.29 is 22.7 Å². The summed E-state index contributed by atoms with van der Waals surface area (Å²) in [4.78, 5) is 11.2. The first kappa shape index (κ1) is 12.4. The van der Waals surface area contributed by atoms with Crippen LogP contribution in [-0.4, -0.2) is 29.3 Å². The second-order valence-corrected chi connectivity index (χ2v) is 3.00. The van der Waals surface area contributed by atoms with Crippen molar-refractivity contribution in [3.8, 4) is 5.88 Å². The smallest absolute Gasteiger partial charge is 0.389 e. The Morgan fingerprint density at radius 3 is 2.50 bits per heavy atom. The molecule has 0 aliphatic heterocycles. The minimum absolute atomic E-state index is 0.0925. The molecule has 0 spiro atoms. The van der Waals surface area contributed by atoms with Crippen molar-refractivity contribution >= 4 is 5.78 Å². The standard InChI is InChI=1S/C9H9F3N2O2/c1-16-8-3-2-6(13-14-8)7(15)4-5-9(10,11)12/h2-3H,4-5H2,1H3. The van der Waals surface area contributed by atoms with Gasteiger partial charge in [0.05, 0.1) is 13.5 Å². The fourth-order valence-electron chi connectivity index (χ4n) is 0.961. The Bertz CT molecular complexity index is 362. The summed E-state index contributed by atoms with van der Waals surface area (Å²) < 4.78 is 40.2. The van der Waals surface area contributed by atoms with Crippen LogP contribution in [0.4, 0.5) is 13.2 Å². The number of aromatic nitrogens is 2. The van der Waals surface area contributed by atoms with Gasteiger partial charge in [0.1, 0.15) is 5.69 Å². The predicted octanol–water partition coefficient (Wildman–Crippen LogP) is 2.01. The zero-order chi connectivity index (χ0) is 12.2. The van der Waals surface area contributed by atoms with Gasteiger partial charge in [-0.15, -0.1) is 10.2 Å². The SMILES string of the molecule is COc1ccc(C(=O)CCC(F)(F)F)nn1. The van der Waals surface area contributed by atoms with E-state index in [4.69, 9.17) is 4.74 Å². The molecular weight excluding hydrogens is 225 g/mol. The maximum absolute atomic E-state index is 11.8. The molecule has 0 bridgehead atoms. The highest BCUT2D eigenvalue weighted by atomic mass is 19.4. The van der Waals surface area contributed by atoms with E-state index in [-0.39, 0.29) is 11.6 Å². The first-order valence-electron chi connectivity index (χ1n) is 4.40. The van der Waals surface area contributed by atoms with Gasteiger partial charge in [0.2, 0.25) is 5.88 Å². The van der Waals surface area contributed by atoms with Gasteiger partial charge in [0.25, 0.3) is 0 Å². The van der Waals surface area contributed by atoms with E-state index < -0.39 is 24.8 Å². The second-order valence-electron chi connectivity index (χ2n) is 3.00. The molecule has 0 radical (unpaired) electrons. The van der Waals surface area contributed by atoms with Crippen molar-refractivity contribution in [3.63, 3.8) is 0 Å². The van der Waals surface area contributed by atoms with E-state index in [1.165, 1.54) is 19.2 Å². The number of ketones is 1. The van der Waals surface area contributed by atoms with Crippen LogP contribution in [0.3, 0.4) is 0 Å². The highest BCUT2D eigenvalue weighted by molar-refractivity contribution is 5.94. The van der Waals surface area contributed by atoms with Crippen molar-refractivity contribution in [2.45, 2.75) is 19.0 Å². The van der Waals surface area contributed by atoms with E-state index >= 15 is 0 Å². The maximum atomic E-state index is 11.8. The average molecular weight is 234 g/mol. The molecule has 0 saturated heterocycles.